The van der Waals surface area contributed by atoms with E-state index in [1.165, 1.54) is 0 Å². The summed E-state index contributed by atoms with van der Waals surface area (Å²) >= 11 is 0. The molecule has 1 fully saturated rings. The van der Waals surface area contributed by atoms with E-state index >= 15 is 0 Å². The molecule has 1 aromatic rings. The number of nitrogens with two attached hydrogens (primary N) is 1. The molecule has 1 aliphatic rings. The molecule has 3 unspecified atom stereocenters. The Bertz CT molecular complexity index is 739. The number of hydrogen-bond acceptors (Lipinski definition) is 6. The second-order valence-corrected chi connectivity index (χ2v) is 10.5. The minimum Gasteiger partial charge on any atom is -0.458 e. The first-order chi connectivity index (χ1) is 14.9. The minimum atomic E-state index is -0.711. The van der Waals surface area contributed by atoms with Crippen molar-refractivity contribution in [3.05, 3.63) is 35.9 Å². The standard InChI is InChI=1S/C25H40N2O5/c1-24(2,3)21(26)22(28)27-16-19(15-20(27)23(29)32-25(4,5)6)31-14-10-13-30-17-18-11-8-7-9-12-18/h7-9,11-12,19-21H,10,13-17,26H2,1-6H3. The average molecular weight is 449 g/mol. The van der Waals surface area contributed by atoms with Gasteiger partial charge < -0.3 is 24.8 Å². The lowest BCUT2D eigenvalue weighted by atomic mass is 9.86. The Morgan fingerprint density at radius 3 is 2.34 bits per heavy atom. The Morgan fingerprint density at radius 2 is 1.75 bits per heavy atom. The molecule has 1 aliphatic heterocycles. The molecule has 0 bridgehead atoms. The normalized spacial score (nSPS) is 20.3. The number of benzene rings is 1. The highest BCUT2D eigenvalue weighted by molar-refractivity contribution is 5.88. The van der Waals surface area contributed by atoms with Gasteiger partial charge in [0.15, 0.2) is 0 Å². The summed E-state index contributed by atoms with van der Waals surface area (Å²) in [6.45, 7) is 13.2. The number of carbonyl (C=O) groups excluding carboxylic acids is 2. The van der Waals surface area contributed by atoms with Crippen molar-refractivity contribution < 1.29 is 23.8 Å². The van der Waals surface area contributed by atoms with Gasteiger partial charge in [-0.15, -0.1) is 0 Å². The number of rotatable bonds is 9. The van der Waals surface area contributed by atoms with Gasteiger partial charge in [0.25, 0.3) is 0 Å². The molecule has 0 aromatic heterocycles. The van der Waals surface area contributed by atoms with Crippen LogP contribution < -0.4 is 5.73 Å². The fraction of sp³-hybridized carbons (Fsp3) is 0.680. The van der Waals surface area contributed by atoms with Crippen molar-refractivity contribution in [1.82, 2.24) is 4.90 Å². The van der Waals surface area contributed by atoms with E-state index in [1.807, 2.05) is 71.9 Å². The molecule has 0 spiro atoms. The van der Waals surface area contributed by atoms with Crippen molar-refractivity contribution in [2.45, 2.75) is 84.8 Å². The summed E-state index contributed by atoms with van der Waals surface area (Å²) in [6, 6.07) is 8.61. The largest absolute Gasteiger partial charge is 0.458 e. The number of carbonyl (C=O) groups is 2. The Kier molecular flexibility index (Phi) is 9.25. The SMILES string of the molecule is CC(C)(C)OC(=O)C1CC(OCCCOCc2ccccc2)CN1C(=O)C(N)C(C)(C)C. The van der Waals surface area contributed by atoms with Crippen LogP contribution in [0.2, 0.25) is 0 Å². The summed E-state index contributed by atoms with van der Waals surface area (Å²) < 4.78 is 17.2. The van der Waals surface area contributed by atoms with Gasteiger partial charge in [0.1, 0.15) is 11.6 Å². The number of hydrogen-bond donors (Lipinski definition) is 1. The number of esters is 1. The fourth-order valence-electron chi connectivity index (χ4n) is 3.48. The maximum Gasteiger partial charge on any atom is 0.329 e. The lowest BCUT2D eigenvalue weighted by molar-refractivity contribution is -0.163. The van der Waals surface area contributed by atoms with Crippen LogP contribution in [0.1, 0.15) is 59.9 Å². The molecule has 2 rings (SSSR count). The van der Waals surface area contributed by atoms with Crippen molar-refractivity contribution in [3.8, 4) is 0 Å². The molecule has 32 heavy (non-hydrogen) atoms. The third-order valence-electron chi connectivity index (χ3n) is 5.32. The van der Waals surface area contributed by atoms with Crippen LogP contribution in [0.4, 0.5) is 0 Å². The summed E-state index contributed by atoms with van der Waals surface area (Å²) in [7, 11) is 0. The zero-order chi connectivity index (χ0) is 23.9. The van der Waals surface area contributed by atoms with Gasteiger partial charge in [-0.25, -0.2) is 4.79 Å². The quantitative estimate of drug-likeness (QED) is 0.460. The molecule has 0 aliphatic carbocycles. The van der Waals surface area contributed by atoms with Gasteiger partial charge in [-0.2, -0.15) is 0 Å². The highest BCUT2D eigenvalue weighted by atomic mass is 16.6. The lowest BCUT2D eigenvalue weighted by Crippen LogP contribution is -2.54. The van der Waals surface area contributed by atoms with E-state index in [9.17, 15) is 9.59 Å². The lowest BCUT2D eigenvalue weighted by Gasteiger charge is -2.33. The van der Waals surface area contributed by atoms with Crippen LogP contribution in [0.25, 0.3) is 0 Å². The molecule has 1 heterocycles. The molecule has 1 aromatic carbocycles. The molecule has 180 valence electrons. The highest BCUT2D eigenvalue weighted by Gasteiger charge is 2.45. The Balaban J connectivity index is 1.88. The number of amides is 1. The van der Waals surface area contributed by atoms with Gasteiger partial charge >= 0.3 is 5.97 Å². The average Bonchev–Trinajstić information content (AvgIpc) is 3.12. The molecule has 0 radical (unpaired) electrons. The molecular weight excluding hydrogens is 408 g/mol. The monoisotopic (exact) mass is 448 g/mol. The molecule has 1 amide bonds. The molecule has 3 atom stereocenters. The van der Waals surface area contributed by atoms with Crippen LogP contribution in [-0.2, 0) is 30.4 Å². The maximum absolute atomic E-state index is 13.1. The maximum atomic E-state index is 13.1. The van der Waals surface area contributed by atoms with E-state index < -0.39 is 29.1 Å². The van der Waals surface area contributed by atoms with Crippen molar-refractivity contribution in [2.75, 3.05) is 19.8 Å². The van der Waals surface area contributed by atoms with Crippen LogP contribution >= 0.6 is 0 Å². The van der Waals surface area contributed by atoms with Crippen LogP contribution in [-0.4, -0.2) is 60.3 Å². The molecular formula is C25H40N2O5. The zero-order valence-electron chi connectivity index (χ0n) is 20.4. The molecule has 1 saturated heterocycles. The Morgan fingerprint density at radius 1 is 1.09 bits per heavy atom. The van der Waals surface area contributed by atoms with Crippen LogP contribution in [0, 0.1) is 5.41 Å². The van der Waals surface area contributed by atoms with Gasteiger partial charge in [-0.1, -0.05) is 51.1 Å². The van der Waals surface area contributed by atoms with Crippen LogP contribution in [0.5, 0.6) is 0 Å². The van der Waals surface area contributed by atoms with Gasteiger partial charge in [0.2, 0.25) is 5.91 Å². The number of ether oxygens (including phenoxy) is 3. The summed E-state index contributed by atoms with van der Waals surface area (Å²) in [5.41, 5.74) is 6.30. The third kappa shape index (κ3) is 8.19. The first-order valence-corrected chi connectivity index (χ1v) is 11.4. The van der Waals surface area contributed by atoms with Crippen molar-refractivity contribution in [2.24, 2.45) is 11.1 Å². The smallest absolute Gasteiger partial charge is 0.329 e. The first-order valence-electron chi connectivity index (χ1n) is 11.4. The highest BCUT2D eigenvalue weighted by Crippen LogP contribution is 2.27. The summed E-state index contributed by atoms with van der Waals surface area (Å²) in [4.78, 5) is 27.4. The van der Waals surface area contributed by atoms with Crippen LogP contribution in [0.15, 0.2) is 30.3 Å². The predicted octanol–water partition coefficient (Wildman–Crippen LogP) is 3.29. The number of likely N-dealkylation sites (tertiary alicyclic amines) is 1. The second-order valence-electron chi connectivity index (χ2n) is 10.5. The topological polar surface area (TPSA) is 91.1 Å². The number of nitrogens with zero attached hydrogens (tertiary/aromatic N) is 1. The van der Waals surface area contributed by atoms with E-state index in [2.05, 4.69) is 0 Å². The van der Waals surface area contributed by atoms with Gasteiger partial charge in [0, 0.05) is 26.2 Å². The zero-order valence-corrected chi connectivity index (χ0v) is 20.4. The molecule has 2 N–H and O–H groups in total. The predicted molar refractivity (Wildman–Crippen MR) is 124 cm³/mol. The van der Waals surface area contributed by atoms with E-state index in [0.29, 0.717) is 32.8 Å². The van der Waals surface area contributed by atoms with Gasteiger partial charge in [-0.3, -0.25) is 4.79 Å². The molecule has 7 heteroatoms. The summed E-state index contributed by atoms with van der Waals surface area (Å²) in [6.07, 6.45) is 0.899. The van der Waals surface area contributed by atoms with Gasteiger partial charge in [-0.05, 0) is 38.2 Å². The van der Waals surface area contributed by atoms with E-state index in [4.69, 9.17) is 19.9 Å². The molecule has 0 saturated carbocycles. The Labute approximate surface area is 192 Å². The van der Waals surface area contributed by atoms with Gasteiger partial charge in [0.05, 0.1) is 18.8 Å². The first kappa shape index (κ1) is 26.3. The summed E-state index contributed by atoms with van der Waals surface area (Å²) in [5.74, 6) is -0.657. The Hall–Kier alpha value is -1.96. The van der Waals surface area contributed by atoms with Crippen LogP contribution in [0.3, 0.4) is 0 Å². The third-order valence-corrected chi connectivity index (χ3v) is 5.32. The van der Waals surface area contributed by atoms with E-state index in [0.717, 1.165) is 12.0 Å². The van der Waals surface area contributed by atoms with Crippen molar-refractivity contribution in [3.63, 3.8) is 0 Å². The fourth-order valence-corrected chi connectivity index (χ4v) is 3.48. The summed E-state index contributed by atoms with van der Waals surface area (Å²) in [5, 5.41) is 0. The van der Waals surface area contributed by atoms with E-state index in [1.54, 1.807) is 4.90 Å². The van der Waals surface area contributed by atoms with Crippen molar-refractivity contribution >= 4 is 11.9 Å². The molecule has 7 nitrogen and oxygen atoms in total. The van der Waals surface area contributed by atoms with Crippen molar-refractivity contribution in [1.29, 1.82) is 0 Å². The minimum absolute atomic E-state index is 0.238. The second kappa shape index (κ2) is 11.3. The van der Waals surface area contributed by atoms with E-state index in [-0.39, 0.29) is 12.0 Å².